The number of hydrogen-bond acceptors (Lipinski definition) is 5. The average molecular weight is 422 g/mol. The van der Waals surface area contributed by atoms with E-state index < -0.39 is 5.91 Å². The largest absolute Gasteiger partial charge is 0.483 e. The SMILES string of the molecule is CCc1nc2ccccc2n1CC(=O)NNC(=O)COc1cccc2c1OC(C)(C)C2. The van der Waals surface area contributed by atoms with Gasteiger partial charge in [-0.05, 0) is 32.0 Å². The van der Waals surface area contributed by atoms with Gasteiger partial charge in [-0.1, -0.05) is 31.2 Å². The molecular formula is C23H26N4O4. The zero-order valence-corrected chi connectivity index (χ0v) is 17.9. The van der Waals surface area contributed by atoms with Gasteiger partial charge in [0.25, 0.3) is 11.8 Å². The third kappa shape index (κ3) is 4.47. The van der Waals surface area contributed by atoms with Crippen molar-refractivity contribution in [2.45, 2.75) is 45.8 Å². The van der Waals surface area contributed by atoms with E-state index in [2.05, 4.69) is 15.8 Å². The summed E-state index contributed by atoms with van der Waals surface area (Å²) in [6.45, 7) is 5.81. The number of amides is 2. The van der Waals surface area contributed by atoms with Crippen LogP contribution < -0.4 is 20.3 Å². The number of benzene rings is 2. The number of nitrogens with one attached hydrogen (secondary N) is 2. The highest BCUT2D eigenvalue weighted by Gasteiger charge is 2.32. The van der Waals surface area contributed by atoms with Crippen molar-refractivity contribution < 1.29 is 19.1 Å². The summed E-state index contributed by atoms with van der Waals surface area (Å²) in [4.78, 5) is 29.1. The Balaban J connectivity index is 1.31. The van der Waals surface area contributed by atoms with E-state index in [1.807, 2.05) is 61.7 Å². The minimum Gasteiger partial charge on any atom is -0.483 e. The van der Waals surface area contributed by atoms with Crippen molar-refractivity contribution >= 4 is 22.8 Å². The van der Waals surface area contributed by atoms with Crippen LogP contribution in [0.25, 0.3) is 11.0 Å². The maximum absolute atomic E-state index is 12.4. The van der Waals surface area contributed by atoms with Gasteiger partial charge >= 0.3 is 0 Å². The summed E-state index contributed by atoms with van der Waals surface area (Å²) in [5, 5.41) is 0. The molecule has 31 heavy (non-hydrogen) atoms. The molecule has 1 aromatic heterocycles. The number of hydrazine groups is 1. The van der Waals surface area contributed by atoms with E-state index in [4.69, 9.17) is 9.47 Å². The van der Waals surface area contributed by atoms with Gasteiger partial charge in [0.15, 0.2) is 18.1 Å². The second kappa shape index (κ2) is 8.29. The van der Waals surface area contributed by atoms with Gasteiger partial charge in [-0.25, -0.2) is 4.98 Å². The Bertz CT molecular complexity index is 1140. The van der Waals surface area contributed by atoms with E-state index in [-0.39, 0.29) is 24.7 Å². The first-order chi connectivity index (χ1) is 14.9. The monoisotopic (exact) mass is 422 g/mol. The molecule has 0 spiro atoms. The Morgan fingerprint density at radius 2 is 1.90 bits per heavy atom. The third-order valence-electron chi connectivity index (χ3n) is 5.11. The highest BCUT2D eigenvalue weighted by atomic mass is 16.5. The van der Waals surface area contributed by atoms with Gasteiger partial charge in [-0.2, -0.15) is 0 Å². The second-order valence-electron chi connectivity index (χ2n) is 8.12. The molecule has 2 amide bonds. The molecule has 0 unspecified atom stereocenters. The summed E-state index contributed by atoms with van der Waals surface area (Å²) in [5.41, 5.74) is 7.31. The number of nitrogens with zero attached hydrogens (tertiary/aromatic N) is 2. The molecule has 1 aliphatic rings. The summed E-state index contributed by atoms with van der Waals surface area (Å²) in [6.07, 6.45) is 1.48. The van der Waals surface area contributed by atoms with E-state index in [0.717, 1.165) is 28.8 Å². The van der Waals surface area contributed by atoms with Crippen LogP contribution in [0.4, 0.5) is 0 Å². The van der Waals surface area contributed by atoms with E-state index in [0.29, 0.717) is 17.9 Å². The van der Waals surface area contributed by atoms with Crippen LogP contribution in [0, 0.1) is 0 Å². The molecule has 4 rings (SSSR count). The quantitative estimate of drug-likeness (QED) is 0.596. The maximum atomic E-state index is 12.4. The Hall–Kier alpha value is -3.55. The number of rotatable bonds is 6. The maximum Gasteiger partial charge on any atom is 0.276 e. The highest BCUT2D eigenvalue weighted by molar-refractivity contribution is 5.84. The Kier molecular flexibility index (Phi) is 5.54. The lowest BCUT2D eigenvalue weighted by Gasteiger charge is -2.18. The van der Waals surface area contributed by atoms with Crippen LogP contribution in [0.2, 0.25) is 0 Å². The highest BCUT2D eigenvalue weighted by Crippen LogP contribution is 2.41. The number of carbonyl (C=O) groups excluding carboxylic acids is 2. The molecule has 162 valence electrons. The van der Waals surface area contributed by atoms with Gasteiger partial charge < -0.3 is 14.0 Å². The van der Waals surface area contributed by atoms with Crippen LogP contribution in [-0.2, 0) is 29.0 Å². The fourth-order valence-electron chi connectivity index (χ4n) is 3.77. The number of aryl methyl sites for hydroxylation is 1. The molecule has 0 saturated carbocycles. The Morgan fingerprint density at radius 1 is 1.13 bits per heavy atom. The molecule has 0 bridgehead atoms. The van der Waals surface area contributed by atoms with Gasteiger partial charge in [0, 0.05) is 18.4 Å². The van der Waals surface area contributed by atoms with Crippen LogP contribution >= 0.6 is 0 Å². The van der Waals surface area contributed by atoms with Crippen molar-refractivity contribution in [3.05, 3.63) is 53.9 Å². The number of ether oxygens (including phenoxy) is 2. The summed E-state index contributed by atoms with van der Waals surface area (Å²) in [5.74, 6) is 1.18. The number of imidazole rings is 1. The predicted octanol–water partition coefficient (Wildman–Crippen LogP) is 2.54. The molecular weight excluding hydrogens is 396 g/mol. The minimum atomic E-state index is -0.464. The zero-order chi connectivity index (χ0) is 22.0. The summed E-state index contributed by atoms with van der Waals surface area (Å²) in [7, 11) is 0. The number of para-hydroxylation sites is 3. The van der Waals surface area contributed by atoms with Crippen molar-refractivity contribution in [2.75, 3.05) is 6.61 Å². The van der Waals surface area contributed by atoms with Crippen molar-refractivity contribution in [3.63, 3.8) is 0 Å². The number of fused-ring (bicyclic) bond motifs is 2. The molecule has 0 atom stereocenters. The van der Waals surface area contributed by atoms with Crippen LogP contribution in [0.5, 0.6) is 11.5 Å². The molecule has 2 aromatic carbocycles. The standard InChI is InChI=1S/C23H26N4O4/c1-4-19-24-16-9-5-6-10-17(16)27(19)13-20(28)25-26-21(29)14-30-18-11-7-8-15-12-23(2,3)31-22(15)18/h5-11H,4,12-14H2,1-3H3,(H,25,28)(H,26,29). The van der Waals surface area contributed by atoms with Gasteiger partial charge in [-0.15, -0.1) is 0 Å². The summed E-state index contributed by atoms with van der Waals surface area (Å²) < 4.78 is 13.4. The first-order valence-corrected chi connectivity index (χ1v) is 10.3. The topological polar surface area (TPSA) is 94.5 Å². The molecule has 2 N–H and O–H groups in total. The normalized spacial score (nSPS) is 14.0. The first kappa shape index (κ1) is 20.7. The number of carbonyl (C=O) groups is 2. The number of aromatic nitrogens is 2. The molecule has 3 aromatic rings. The molecule has 0 saturated heterocycles. The Labute approximate surface area is 180 Å². The van der Waals surface area contributed by atoms with Crippen molar-refractivity contribution in [1.82, 2.24) is 20.4 Å². The lowest BCUT2D eigenvalue weighted by atomic mass is 10.0. The van der Waals surface area contributed by atoms with Crippen LogP contribution in [0.15, 0.2) is 42.5 Å². The van der Waals surface area contributed by atoms with Crippen LogP contribution in [-0.4, -0.2) is 33.6 Å². The third-order valence-corrected chi connectivity index (χ3v) is 5.11. The lowest BCUT2D eigenvalue weighted by Crippen LogP contribution is -2.45. The number of hydrogen-bond donors (Lipinski definition) is 2. The van der Waals surface area contributed by atoms with Gasteiger partial charge in [0.2, 0.25) is 0 Å². The molecule has 0 radical (unpaired) electrons. The second-order valence-corrected chi connectivity index (χ2v) is 8.12. The average Bonchev–Trinajstić information content (AvgIpc) is 3.26. The van der Waals surface area contributed by atoms with E-state index in [1.54, 1.807) is 6.07 Å². The molecule has 0 aliphatic carbocycles. The molecule has 1 aliphatic heterocycles. The Morgan fingerprint density at radius 3 is 2.71 bits per heavy atom. The smallest absolute Gasteiger partial charge is 0.276 e. The van der Waals surface area contributed by atoms with E-state index in [9.17, 15) is 9.59 Å². The predicted molar refractivity (Wildman–Crippen MR) is 116 cm³/mol. The van der Waals surface area contributed by atoms with Crippen LogP contribution in [0.1, 0.15) is 32.2 Å². The zero-order valence-electron chi connectivity index (χ0n) is 17.9. The van der Waals surface area contributed by atoms with E-state index >= 15 is 0 Å². The summed E-state index contributed by atoms with van der Waals surface area (Å²) in [6, 6.07) is 13.3. The molecule has 8 heteroatoms. The molecule has 8 nitrogen and oxygen atoms in total. The minimum absolute atomic E-state index is 0.0555. The first-order valence-electron chi connectivity index (χ1n) is 10.3. The van der Waals surface area contributed by atoms with E-state index in [1.165, 1.54) is 0 Å². The van der Waals surface area contributed by atoms with Gasteiger partial charge in [-0.3, -0.25) is 20.4 Å². The van der Waals surface area contributed by atoms with Crippen molar-refractivity contribution in [2.24, 2.45) is 0 Å². The fourth-order valence-corrected chi connectivity index (χ4v) is 3.77. The lowest BCUT2D eigenvalue weighted by molar-refractivity contribution is -0.130. The summed E-state index contributed by atoms with van der Waals surface area (Å²) >= 11 is 0. The molecule has 0 fully saturated rings. The fraction of sp³-hybridized carbons (Fsp3) is 0.348. The van der Waals surface area contributed by atoms with Gasteiger partial charge in [0.05, 0.1) is 11.0 Å². The molecule has 2 heterocycles. The van der Waals surface area contributed by atoms with Crippen molar-refractivity contribution in [3.8, 4) is 11.5 Å². The van der Waals surface area contributed by atoms with Crippen molar-refractivity contribution in [1.29, 1.82) is 0 Å². The van der Waals surface area contributed by atoms with Crippen LogP contribution in [0.3, 0.4) is 0 Å². The van der Waals surface area contributed by atoms with Gasteiger partial charge in [0.1, 0.15) is 18.0 Å².